The highest BCUT2D eigenvalue weighted by atomic mass is 35.5. The molecule has 0 atom stereocenters. The van der Waals surface area contributed by atoms with Gasteiger partial charge >= 0.3 is 0 Å². The smallest absolute Gasteiger partial charge is 0.265 e. The SMILES string of the molecule is COc1cccc2c1-c1cc(C(=O)Nc3cc(Cl)cc(NS(C)(=O)=O)c3)sc1CCN2C. The van der Waals surface area contributed by atoms with Crippen molar-refractivity contribution in [3.63, 3.8) is 0 Å². The van der Waals surface area contributed by atoms with Crippen LogP contribution >= 0.6 is 22.9 Å². The van der Waals surface area contributed by atoms with Crippen molar-refractivity contribution in [2.45, 2.75) is 6.42 Å². The van der Waals surface area contributed by atoms with E-state index in [-0.39, 0.29) is 11.6 Å². The number of nitrogens with zero attached hydrogens (tertiary/aromatic N) is 1. The molecule has 4 rings (SSSR count). The molecule has 168 valence electrons. The Kier molecular flexibility index (Phi) is 6.07. The average Bonchev–Trinajstić information content (AvgIpc) is 3.08. The van der Waals surface area contributed by atoms with Gasteiger partial charge in [-0.3, -0.25) is 9.52 Å². The van der Waals surface area contributed by atoms with Crippen molar-refractivity contribution in [1.82, 2.24) is 0 Å². The predicted octanol–water partition coefficient (Wildman–Crippen LogP) is 4.69. The molecule has 0 unspecified atom stereocenters. The summed E-state index contributed by atoms with van der Waals surface area (Å²) in [5.41, 5.74) is 3.69. The van der Waals surface area contributed by atoms with Crippen LogP contribution in [0.4, 0.5) is 17.1 Å². The Bertz CT molecular complexity index is 1300. The minimum absolute atomic E-state index is 0.277. The summed E-state index contributed by atoms with van der Waals surface area (Å²) in [6, 6.07) is 12.4. The number of sulfonamides is 1. The lowest BCUT2D eigenvalue weighted by Gasteiger charge is -2.20. The van der Waals surface area contributed by atoms with E-state index in [4.69, 9.17) is 16.3 Å². The molecule has 32 heavy (non-hydrogen) atoms. The number of methoxy groups -OCH3 is 1. The number of carbonyl (C=O) groups is 1. The Labute approximate surface area is 196 Å². The van der Waals surface area contributed by atoms with Crippen LogP contribution in [0.25, 0.3) is 11.1 Å². The van der Waals surface area contributed by atoms with Gasteiger partial charge in [0.05, 0.1) is 23.9 Å². The summed E-state index contributed by atoms with van der Waals surface area (Å²) in [5.74, 6) is 0.467. The lowest BCUT2D eigenvalue weighted by atomic mass is 10.0. The van der Waals surface area contributed by atoms with Crippen molar-refractivity contribution in [3.8, 4) is 16.9 Å². The van der Waals surface area contributed by atoms with Gasteiger partial charge in [-0.25, -0.2) is 8.42 Å². The fraction of sp³-hybridized carbons (Fsp3) is 0.227. The molecule has 0 bridgehead atoms. The topological polar surface area (TPSA) is 87.7 Å². The highest BCUT2D eigenvalue weighted by Gasteiger charge is 2.25. The number of benzene rings is 2. The minimum atomic E-state index is -3.47. The van der Waals surface area contributed by atoms with Gasteiger partial charge in [-0.2, -0.15) is 0 Å². The van der Waals surface area contributed by atoms with Gasteiger partial charge in [-0.05, 0) is 42.8 Å². The van der Waals surface area contributed by atoms with Gasteiger partial charge < -0.3 is 15.0 Å². The molecule has 3 aromatic rings. The molecule has 1 aliphatic heterocycles. The van der Waals surface area contributed by atoms with E-state index in [1.807, 2.05) is 31.3 Å². The average molecular weight is 492 g/mol. The van der Waals surface area contributed by atoms with Crippen molar-refractivity contribution in [2.24, 2.45) is 0 Å². The molecule has 2 aromatic carbocycles. The van der Waals surface area contributed by atoms with E-state index < -0.39 is 10.0 Å². The number of hydrogen-bond donors (Lipinski definition) is 2. The van der Waals surface area contributed by atoms with Crippen LogP contribution in [0.3, 0.4) is 0 Å². The monoisotopic (exact) mass is 491 g/mol. The Morgan fingerprint density at radius 1 is 1.19 bits per heavy atom. The van der Waals surface area contributed by atoms with Crippen LogP contribution in [0.5, 0.6) is 5.75 Å². The van der Waals surface area contributed by atoms with Crippen molar-refractivity contribution in [1.29, 1.82) is 0 Å². The molecule has 0 saturated heterocycles. The first-order valence-electron chi connectivity index (χ1n) is 9.75. The molecular weight excluding hydrogens is 470 g/mol. The van der Waals surface area contributed by atoms with E-state index in [0.717, 1.165) is 46.7 Å². The summed E-state index contributed by atoms with van der Waals surface area (Å²) in [5, 5.41) is 3.13. The summed E-state index contributed by atoms with van der Waals surface area (Å²) >= 11 is 7.55. The van der Waals surface area contributed by atoms with E-state index in [9.17, 15) is 13.2 Å². The van der Waals surface area contributed by atoms with Crippen molar-refractivity contribution in [2.75, 3.05) is 41.9 Å². The lowest BCUT2D eigenvalue weighted by Crippen LogP contribution is -2.19. The number of nitrogens with one attached hydrogen (secondary N) is 2. The zero-order valence-electron chi connectivity index (χ0n) is 17.7. The van der Waals surface area contributed by atoms with E-state index >= 15 is 0 Å². The van der Waals surface area contributed by atoms with Crippen LogP contribution in [0.1, 0.15) is 14.5 Å². The molecule has 2 heterocycles. The van der Waals surface area contributed by atoms with Crippen molar-refractivity contribution >= 4 is 55.9 Å². The summed E-state index contributed by atoms with van der Waals surface area (Å²) < 4.78 is 31.0. The molecule has 0 aliphatic carbocycles. The maximum Gasteiger partial charge on any atom is 0.265 e. The second kappa shape index (κ2) is 8.65. The standard InChI is InChI=1S/C22H22ClN3O4S2/c1-26-8-7-19-16(21-17(26)5-4-6-18(21)30-2)12-20(31-19)22(27)24-14-9-13(23)10-15(11-14)25-32(3,28)29/h4-6,9-12,25H,7-8H2,1-3H3,(H,24,27). The highest BCUT2D eigenvalue weighted by molar-refractivity contribution is 7.92. The van der Waals surface area contributed by atoms with E-state index in [1.165, 1.54) is 23.5 Å². The first kappa shape index (κ1) is 22.4. The quantitative estimate of drug-likeness (QED) is 0.540. The molecule has 0 fully saturated rings. The van der Waals surface area contributed by atoms with E-state index in [0.29, 0.717) is 15.6 Å². The van der Waals surface area contributed by atoms with Crippen LogP contribution in [0.2, 0.25) is 5.02 Å². The molecule has 10 heteroatoms. The number of fused-ring (bicyclic) bond motifs is 3. The fourth-order valence-electron chi connectivity index (χ4n) is 3.73. The van der Waals surface area contributed by atoms with Gasteiger partial charge in [-0.15, -0.1) is 11.3 Å². The van der Waals surface area contributed by atoms with Crippen LogP contribution < -0.4 is 19.7 Å². The second-order valence-corrected chi connectivity index (χ2v) is 10.9. The van der Waals surface area contributed by atoms with Crippen LogP contribution in [0, 0.1) is 0 Å². The summed E-state index contributed by atoms with van der Waals surface area (Å²) in [4.78, 5) is 16.9. The first-order valence-corrected chi connectivity index (χ1v) is 12.8. The van der Waals surface area contributed by atoms with Gasteiger partial charge in [-0.1, -0.05) is 17.7 Å². The van der Waals surface area contributed by atoms with E-state index in [1.54, 1.807) is 13.2 Å². The Morgan fingerprint density at radius 2 is 1.94 bits per heavy atom. The first-order chi connectivity index (χ1) is 15.1. The van der Waals surface area contributed by atoms with Gasteiger partial charge in [0.1, 0.15) is 5.75 Å². The largest absolute Gasteiger partial charge is 0.496 e. The second-order valence-electron chi connectivity index (χ2n) is 7.53. The molecule has 2 N–H and O–H groups in total. The molecule has 7 nitrogen and oxygen atoms in total. The third kappa shape index (κ3) is 4.69. The van der Waals surface area contributed by atoms with Gasteiger partial charge in [0.25, 0.3) is 5.91 Å². The molecule has 1 amide bonds. The third-order valence-corrected chi connectivity index (χ3v) is 7.09. The highest BCUT2D eigenvalue weighted by Crippen LogP contribution is 2.45. The lowest BCUT2D eigenvalue weighted by molar-refractivity contribution is 0.103. The number of amides is 1. The summed E-state index contributed by atoms with van der Waals surface area (Å²) in [6.45, 7) is 0.823. The van der Waals surface area contributed by atoms with Crippen LogP contribution in [-0.2, 0) is 16.4 Å². The molecule has 0 spiro atoms. The number of thiophene rings is 1. The molecular formula is C22H22ClN3O4S2. The van der Waals surface area contributed by atoms with Crippen LogP contribution in [-0.4, -0.2) is 41.3 Å². The Morgan fingerprint density at radius 3 is 2.66 bits per heavy atom. The van der Waals surface area contributed by atoms with Gasteiger partial charge in [0, 0.05) is 46.0 Å². The number of carbonyl (C=O) groups excluding carboxylic acids is 1. The fourth-order valence-corrected chi connectivity index (χ4v) is 5.56. The number of ether oxygens (including phenoxy) is 1. The zero-order valence-corrected chi connectivity index (χ0v) is 20.1. The number of hydrogen-bond acceptors (Lipinski definition) is 6. The third-order valence-electron chi connectivity index (χ3n) is 5.07. The number of likely N-dealkylation sites (N-methyl/N-ethyl adjacent to an activating group) is 1. The van der Waals surface area contributed by atoms with E-state index in [2.05, 4.69) is 14.9 Å². The minimum Gasteiger partial charge on any atom is -0.496 e. The maximum atomic E-state index is 13.0. The number of halogens is 1. The summed E-state index contributed by atoms with van der Waals surface area (Å²) in [6.07, 6.45) is 1.86. The molecule has 0 radical (unpaired) electrons. The van der Waals surface area contributed by atoms with Gasteiger partial charge in [0.15, 0.2) is 0 Å². The normalized spacial score (nSPS) is 13.1. The maximum absolute atomic E-state index is 13.0. The van der Waals surface area contributed by atoms with Crippen LogP contribution in [0.15, 0.2) is 42.5 Å². The number of rotatable bonds is 5. The van der Waals surface area contributed by atoms with Crippen molar-refractivity contribution < 1.29 is 17.9 Å². The Balaban J connectivity index is 1.67. The Hall–Kier alpha value is -2.75. The van der Waals surface area contributed by atoms with Crippen molar-refractivity contribution in [3.05, 3.63) is 57.2 Å². The zero-order chi connectivity index (χ0) is 23.0. The summed E-state index contributed by atoms with van der Waals surface area (Å²) in [7, 11) is 0.214. The molecule has 0 saturated carbocycles. The molecule has 1 aromatic heterocycles. The molecule has 1 aliphatic rings. The predicted molar refractivity (Wildman–Crippen MR) is 131 cm³/mol. The van der Waals surface area contributed by atoms with Gasteiger partial charge in [0.2, 0.25) is 10.0 Å². The number of anilines is 3.